The average molecular weight is 289 g/mol. The summed E-state index contributed by atoms with van der Waals surface area (Å²) in [5.41, 5.74) is 1.47. The van der Waals surface area contributed by atoms with Crippen molar-refractivity contribution in [1.29, 1.82) is 0 Å². The molecule has 0 aromatic heterocycles. The number of amides is 1. The monoisotopic (exact) mass is 289 g/mol. The molecular formula is C17H23NO3. The number of piperidine rings is 1. The van der Waals surface area contributed by atoms with Crippen molar-refractivity contribution in [3.05, 3.63) is 35.4 Å². The molecule has 2 saturated heterocycles. The fourth-order valence-electron chi connectivity index (χ4n) is 3.43. The number of aliphatic hydroxyl groups excluding tert-OH is 1. The quantitative estimate of drug-likeness (QED) is 0.928. The van der Waals surface area contributed by atoms with Gasteiger partial charge in [-0.25, -0.2) is 0 Å². The van der Waals surface area contributed by atoms with E-state index in [9.17, 15) is 9.90 Å². The molecule has 21 heavy (non-hydrogen) atoms. The normalized spacial score (nSPS) is 23.5. The van der Waals surface area contributed by atoms with Gasteiger partial charge in [0.15, 0.2) is 0 Å². The molecule has 3 rings (SSSR count). The Morgan fingerprint density at radius 3 is 2.76 bits per heavy atom. The van der Waals surface area contributed by atoms with E-state index < -0.39 is 0 Å². The smallest absolute Gasteiger partial charge is 0.253 e. The summed E-state index contributed by atoms with van der Waals surface area (Å²) in [4.78, 5) is 14.4. The van der Waals surface area contributed by atoms with Gasteiger partial charge in [0.05, 0.1) is 12.7 Å². The van der Waals surface area contributed by atoms with E-state index in [1.54, 1.807) is 6.07 Å². The van der Waals surface area contributed by atoms with Gasteiger partial charge in [0.2, 0.25) is 0 Å². The van der Waals surface area contributed by atoms with Gasteiger partial charge in [-0.1, -0.05) is 12.1 Å². The molecule has 1 atom stereocenters. The van der Waals surface area contributed by atoms with Crippen molar-refractivity contribution in [2.24, 2.45) is 5.92 Å². The van der Waals surface area contributed by atoms with Crippen LogP contribution in [0.4, 0.5) is 0 Å². The van der Waals surface area contributed by atoms with Crippen LogP contribution in [0.1, 0.15) is 41.6 Å². The third-order valence-electron chi connectivity index (χ3n) is 4.67. The molecule has 2 aliphatic heterocycles. The van der Waals surface area contributed by atoms with Crippen LogP contribution in [0.2, 0.25) is 0 Å². The highest BCUT2D eigenvalue weighted by Crippen LogP contribution is 2.29. The summed E-state index contributed by atoms with van der Waals surface area (Å²) in [6.07, 6.45) is 4.85. The van der Waals surface area contributed by atoms with E-state index in [0.717, 1.165) is 38.1 Å². The third kappa shape index (κ3) is 3.27. The van der Waals surface area contributed by atoms with Crippen molar-refractivity contribution in [2.75, 3.05) is 19.7 Å². The summed E-state index contributed by atoms with van der Waals surface area (Å²) in [6.45, 7) is 2.50. The highest BCUT2D eigenvalue weighted by molar-refractivity contribution is 5.94. The van der Waals surface area contributed by atoms with Crippen LogP contribution in [0.3, 0.4) is 0 Å². The van der Waals surface area contributed by atoms with E-state index in [-0.39, 0.29) is 12.5 Å². The van der Waals surface area contributed by atoms with E-state index in [2.05, 4.69) is 0 Å². The number of carbonyl (C=O) groups excluding carboxylic acids is 1. The van der Waals surface area contributed by atoms with E-state index in [1.165, 1.54) is 12.8 Å². The lowest BCUT2D eigenvalue weighted by molar-refractivity contribution is 0.0291. The summed E-state index contributed by atoms with van der Waals surface area (Å²) in [5, 5.41) is 9.17. The fraction of sp³-hybridized carbons (Fsp3) is 0.588. The molecule has 4 nitrogen and oxygen atoms in total. The van der Waals surface area contributed by atoms with Crippen molar-refractivity contribution in [3.63, 3.8) is 0 Å². The molecule has 114 valence electrons. The Kier molecular flexibility index (Phi) is 4.56. The first kappa shape index (κ1) is 14.5. The van der Waals surface area contributed by atoms with Gasteiger partial charge in [0, 0.05) is 25.3 Å². The van der Waals surface area contributed by atoms with E-state index >= 15 is 0 Å². The first-order chi connectivity index (χ1) is 10.3. The Hall–Kier alpha value is -1.39. The standard InChI is InChI=1S/C17H23NO3/c19-12-13-3-1-4-15(11-13)17(20)18-8-6-14(7-9-18)16-5-2-10-21-16/h1,3-4,11,14,16,19H,2,5-10,12H2. The lowest BCUT2D eigenvalue weighted by atomic mass is 9.89. The molecule has 4 heteroatoms. The fourth-order valence-corrected chi connectivity index (χ4v) is 3.43. The predicted octanol–water partition coefficient (Wildman–Crippen LogP) is 2.21. The first-order valence-electron chi connectivity index (χ1n) is 7.88. The highest BCUT2D eigenvalue weighted by atomic mass is 16.5. The number of aliphatic hydroxyl groups is 1. The van der Waals surface area contributed by atoms with Gasteiger partial charge in [-0.15, -0.1) is 0 Å². The van der Waals surface area contributed by atoms with Gasteiger partial charge in [0.25, 0.3) is 5.91 Å². The minimum absolute atomic E-state index is 0.0256. The maximum absolute atomic E-state index is 12.5. The number of rotatable bonds is 3. The minimum Gasteiger partial charge on any atom is -0.392 e. The highest BCUT2D eigenvalue weighted by Gasteiger charge is 2.31. The van der Waals surface area contributed by atoms with Gasteiger partial charge in [-0.3, -0.25) is 4.79 Å². The topological polar surface area (TPSA) is 49.8 Å². The zero-order valence-electron chi connectivity index (χ0n) is 12.3. The van der Waals surface area contributed by atoms with Crippen molar-refractivity contribution < 1.29 is 14.6 Å². The van der Waals surface area contributed by atoms with Crippen molar-refractivity contribution in [2.45, 2.75) is 38.4 Å². The van der Waals surface area contributed by atoms with Crippen molar-refractivity contribution in [1.82, 2.24) is 4.90 Å². The second-order valence-electron chi connectivity index (χ2n) is 6.04. The second-order valence-corrected chi connectivity index (χ2v) is 6.04. The van der Waals surface area contributed by atoms with E-state index in [1.807, 2.05) is 23.1 Å². The van der Waals surface area contributed by atoms with Gasteiger partial charge in [-0.05, 0) is 49.3 Å². The number of ether oxygens (including phenoxy) is 1. The van der Waals surface area contributed by atoms with Crippen LogP contribution in [-0.2, 0) is 11.3 Å². The summed E-state index contributed by atoms with van der Waals surface area (Å²) >= 11 is 0. The molecule has 0 spiro atoms. The van der Waals surface area contributed by atoms with Gasteiger partial charge in [0.1, 0.15) is 0 Å². The number of hydrogen-bond donors (Lipinski definition) is 1. The summed E-state index contributed by atoms with van der Waals surface area (Å²) < 4.78 is 5.77. The molecule has 0 radical (unpaired) electrons. The van der Waals surface area contributed by atoms with Crippen LogP contribution in [0, 0.1) is 5.92 Å². The summed E-state index contributed by atoms with van der Waals surface area (Å²) in [5.74, 6) is 0.691. The Balaban J connectivity index is 1.59. The molecule has 1 aromatic rings. The second kappa shape index (κ2) is 6.58. The Morgan fingerprint density at radius 1 is 1.29 bits per heavy atom. The number of carbonyl (C=O) groups is 1. The van der Waals surface area contributed by atoms with E-state index in [0.29, 0.717) is 17.6 Å². The number of benzene rings is 1. The van der Waals surface area contributed by atoms with E-state index in [4.69, 9.17) is 4.74 Å². The Morgan fingerprint density at radius 2 is 2.10 bits per heavy atom. The molecule has 1 aromatic carbocycles. The van der Waals surface area contributed by atoms with Gasteiger partial charge < -0.3 is 14.7 Å². The maximum Gasteiger partial charge on any atom is 0.253 e. The molecule has 2 fully saturated rings. The lowest BCUT2D eigenvalue weighted by Crippen LogP contribution is -2.41. The molecular weight excluding hydrogens is 266 g/mol. The van der Waals surface area contributed by atoms with Gasteiger partial charge in [-0.2, -0.15) is 0 Å². The van der Waals surface area contributed by atoms with Crippen LogP contribution in [0.25, 0.3) is 0 Å². The van der Waals surface area contributed by atoms with Crippen LogP contribution >= 0.6 is 0 Å². The zero-order valence-corrected chi connectivity index (χ0v) is 12.3. The summed E-state index contributed by atoms with van der Waals surface area (Å²) in [7, 11) is 0. The third-order valence-corrected chi connectivity index (χ3v) is 4.67. The SMILES string of the molecule is O=C(c1cccc(CO)c1)N1CCC(C2CCCO2)CC1. The largest absolute Gasteiger partial charge is 0.392 e. The molecule has 0 aliphatic carbocycles. The molecule has 1 amide bonds. The Bertz CT molecular complexity index is 489. The molecule has 1 N–H and O–H groups in total. The molecule has 1 unspecified atom stereocenters. The lowest BCUT2D eigenvalue weighted by Gasteiger charge is -2.34. The van der Waals surface area contributed by atoms with Crippen LogP contribution in [0.15, 0.2) is 24.3 Å². The minimum atomic E-state index is -0.0256. The average Bonchev–Trinajstić information content (AvgIpc) is 3.09. The molecule has 2 aliphatic rings. The molecule has 2 heterocycles. The van der Waals surface area contributed by atoms with Crippen molar-refractivity contribution in [3.8, 4) is 0 Å². The Labute approximate surface area is 125 Å². The van der Waals surface area contributed by atoms with Gasteiger partial charge >= 0.3 is 0 Å². The van der Waals surface area contributed by atoms with Crippen LogP contribution in [0.5, 0.6) is 0 Å². The first-order valence-corrected chi connectivity index (χ1v) is 7.88. The molecule has 0 saturated carbocycles. The van der Waals surface area contributed by atoms with Crippen LogP contribution in [-0.4, -0.2) is 41.7 Å². The number of hydrogen-bond acceptors (Lipinski definition) is 3. The zero-order chi connectivity index (χ0) is 14.7. The molecule has 0 bridgehead atoms. The number of nitrogens with zero attached hydrogens (tertiary/aromatic N) is 1. The summed E-state index contributed by atoms with van der Waals surface area (Å²) in [6, 6.07) is 7.28. The van der Waals surface area contributed by atoms with Crippen LogP contribution < -0.4 is 0 Å². The maximum atomic E-state index is 12.5. The van der Waals surface area contributed by atoms with Crippen molar-refractivity contribution >= 4 is 5.91 Å². The number of likely N-dealkylation sites (tertiary alicyclic amines) is 1. The predicted molar refractivity (Wildman–Crippen MR) is 80.0 cm³/mol.